The van der Waals surface area contributed by atoms with E-state index in [9.17, 15) is 9.59 Å². The van der Waals surface area contributed by atoms with Crippen molar-refractivity contribution in [1.82, 2.24) is 10.3 Å². The number of carbonyl (C=O) groups excluding carboxylic acids is 2. The van der Waals surface area contributed by atoms with Crippen molar-refractivity contribution in [3.63, 3.8) is 0 Å². The third kappa shape index (κ3) is 3.15. The van der Waals surface area contributed by atoms with Crippen LogP contribution in [0.2, 0.25) is 0 Å². The Hall–Kier alpha value is -2.86. The first-order valence-corrected chi connectivity index (χ1v) is 8.52. The van der Waals surface area contributed by atoms with Crippen molar-refractivity contribution < 1.29 is 14.3 Å². The smallest absolute Gasteiger partial charge is 0.256 e. The number of fused-ring (bicyclic) bond motifs is 1. The number of nitrogens with one attached hydrogen (secondary N) is 3. The van der Waals surface area contributed by atoms with Gasteiger partial charge in [0.25, 0.3) is 11.8 Å². The molecule has 1 aliphatic rings. The summed E-state index contributed by atoms with van der Waals surface area (Å²) in [4.78, 5) is 27.7. The average molecular weight is 353 g/mol. The number of rotatable bonds is 5. The molecule has 0 unspecified atom stereocenters. The number of carbonyl (C=O) groups is 2. The van der Waals surface area contributed by atoms with Crippen LogP contribution in [0.15, 0.2) is 18.2 Å². The molecule has 0 spiro atoms. The highest BCUT2D eigenvalue weighted by Crippen LogP contribution is 2.34. The molecule has 3 N–H and O–H groups in total. The maximum Gasteiger partial charge on any atom is 0.256 e. The first-order valence-electron chi connectivity index (χ1n) is 8.52. The summed E-state index contributed by atoms with van der Waals surface area (Å²) in [6, 6.07) is 5.93. The molecule has 1 aromatic heterocycles. The molecule has 1 aliphatic heterocycles. The molecular weight excluding hydrogens is 330 g/mol. The zero-order chi connectivity index (χ0) is 18.8. The number of hydrogen-bond acceptors (Lipinski definition) is 3. The van der Waals surface area contributed by atoms with E-state index in [1.165, 1.54) is 0 Å². The first kappa shape index (κ1) is 17.9. The number of aromatic amines is 1. The molecule has 26 heavy (non-hydrogen) atoms. The SMILES string of the molecule is CNC(=O)c1c(C)[nH]c(/C=C2\C(=O)Nc3ccc(CCOC)cc32)c1C. The molecule has 0 radical (unpaired) electrons. The van der Waals surface area contributed by atoms with Gasteiger partial charge in [0.1, 0.15) is 0 Å². The largest absolute Gasteiger partial charge is 0.384 e. The summed E-state index contributed by atoms with van der Waals surface area (Å²) in [6.45, 7) is 4.36. The molecule has 3 rings (SSSR count). The Kier molecular flexibility index (Phi) is 4.95. The van der Waals surface area contributed by atoms with E-state index < -0.39 is 0 Å². The Labute approximate surface area is 152 Å². The third-order valence-corrected chi connectivity index (χ3v) is 4.68. The molecule has 2 heterocycles. The summed E-state index contributed by atoms with van der Waals surface area (Å²) in [7, 11) is 3.28. The van der Waals surface area contributed by atoms with E-state index in [1.54, 1.807) is 14.2 Å². The maximum absolute atomic E-state index is 12.5. The second-order valence-electron chi connectivity index (χ2n) is 6.38. The molecule has 2 aromatic rings. The molecule has 1 aromatic carbocycles. The summed E-state index contributed by atoms with van der Waals surface area (Å²) in [6.07, 6.45) is 2.60. The number of hydrogen-bond donors (Lipinski definition) is 3. The van der Waals surface area contributed by atoms with Crippen LogP contribution in [0.5, 0.6) is 0 Å². The van der Waals surface area contributed by atoms with Gasteiger partial charge in [0, 0.05) is 36.8 Å². The van der Waals surface area contributed by atoms with Crippen molar-refractivity contribution in [2.24, 2.45) is 0 Å². The van der Waals surface area contributed by atoms with E-state index in [-0.39, 0.29) is 11.8 Å². The van der Waals surface area contributed by atoms with Crippen molar-refractivity contribution in [3.8, 4) is 0 Å². The molecule has 0 aliphatic carbocycles. The van der Waals surface area contributed by atoms with Crippen molar-refractivity contribution in [1.29, 1.82) is 0 Å². The van der Waals surface area contributed by atoms with E-state index in [1.807, 2.05) is 38.1 Å². The van der Waals surface area contributed by atoms with E-state index in [4.69, 9.17) is 4.74 Å². The Morgan fingerprint density at radius 3 is 2.77 bits per heavy atom. The van der Waals surface area contributed by atoms with E-state index in [0.717, 1.165) is 40.2 Å². The van der Waals surface area contributed by atoms with Gasteiger partial charge in [-0.1, -0.05) is 6.07 Å². The molecule has 2 amide bonds. The lowest BCUT2D eigenvalue weighted by Crippen LogP contribution is -2.19. The van der Waals surface area contributed by atoms with Gasteiger partial charge < -0.3 is 20.4 Å². The first-order chi connectivity index (χ1) is 12.5. The third-order valence-electron chi connectivity index (χ3n) is 4.68. The molecule has 6 heteroatoms. The minimum Gasteiger partial charge on any atom is -0.384 e. The summed E-state index contributed by atoms with van der Waals surface area (Å²) < 4.78 is 5.13. The number of aryl methyl sites for hydroxylation is 1. The summed E-state index contributed by atoms with van der Waals surface area (Å²) in [5.41, 5.74) is 6.36. The second kappa shape index (κ2) is 7.17. The minimum absolute atomic E-state index is 0.140. The van der Waals surface area contributed by atoms with Crippen LogP contribution < -0.4 is 10.6 Å². The van der Waals surface area contributed by atoms with Crippen molar-refractivity contribution >= 4 is 29.2 Å². The van der Waals surface area contributed by atoms with Crippen LogP contribution in [0, 0.1) is 13.8 Å². The minimum atomic E-state index is -0.142. The predicted molar refractivity (Wildman–Crippen MR) is 102 cm³/mol. The highest BCUT2D eigenvalue weighted by atomic mass is 16.5. The van der Waals surface area contributed by atoms with E-state index in [2.05, 4.69) is 15.6 Å². The molecule has 136 valence electrons. The topological polar surface area (TPSA) is 83.2 Å². The molecule has 0 atom stereocenters. The fourth-order valence-electron chi connectivity index (χ4n) is 3.28. The van der Waals surface area contributed by atoms with E-state index in [0.29, 0.717) is 17.7 Å². The second-order valence-corrected chi connectivity index (χ2v) is 6.38. The summed E-state index contributed by atoms with van der Waals surface area (Å²) >= 11 is 0. The van der Waals surface area contributed by atoms with Crippen molar-refractivity contribution in [2.45, 2.75) is 20.3 Å². The van der Waals surface area contributed by atoms with Crippen LogP contribution in [0.1, 0.15) is 38.4 Å². The van der Waals surface area contributed by atoms with E-state index >= 15 is 0 Å². The van der Waals surface area contributed by atoms with Gasteiger partial charge >= 0.3 is 0 Å². The number of ether oxygens (including phenoxy) is 1. The molecule has 0 fully saturated rings. The fraction of sp³-hybridized carbons (Fsp3) is 0.300. The highest BCUT2D eigenvalue weighted by molar-refractivity contribution is 6.35. The van der Waals surface area contributed by atoms with Crippen molar-refractivity contribution in [2.75, 3.05) is 26.1 Å². The number of methoxy groups -OCH3 is 1. The Bertz CT molecular complexity index is 909. The van der Waals surface area contributed by atoms with Crippen LogP contribution in [-0.2, 0) is 16.0 Å². The Morgan fingerprint density at radius 2 is 2.08 bits per heavy atom. The van der Waals surface area contributed by atoms with Gasteiger partial charge in [-0.2, -0.15) is 0 Å². The van der Waals surface area contributed by atoms with Crippen LogP contribution in [-0.4, -0.2) is 37.6 Å². The zero-order valence-corrected chi connectivity index (χ0v) is 15.4. The van der Waals surface area contributed by atoms with Gasteiger partial charge in [-0.3, -0.25) is 9.59 Å². The maximum atomic E-state index is 12.5. The van der Waals surface area contributed by atoms with Crippen LogP contribution in [0.3, 0.4) is 0 Å². The lowest BCUT2D eigenvalue weighted by atomic mass is 10.0. The number of anilines is 1. The highest BCUT2D eigenvalue weighted by Gasteiger charge is 2.25. The fourth-order valence-corrected chi connectivity index (χ4v) is 3.28. The van der Waals surface area contributed by atoms with Gasteiger partial charge in [0.2, 0.25) is 0 Å². The summed E-state index contributed by atoms with van der Waals surface area (Å²) in [5, 5.41) is 5.54. The van der Waals surface area contributed by atoms with Gasteiger partial charge in [0.15, 0.2) is 0 Å². The zero-order valence-electron chi connectivity index (χ0n) is 15.4. The molecule has 0 saturated heterocycles. The van der Waals surface area contributed by atoms with Crippen LogP contribution >= 0.6 is 0 Å². The number of H-pyrrole nitrogens is 1. The average Bonchev–Trinajstić information content (AvgIpc) is 3.08. The van der Waals surface area contributed by atoms with Crippen molar-refractivity contribution in [3.05, 3.63) is 51.8 Å². The predicted octanol–water partition coefficient (Wildman–Crippen LogP) is 2.67. The quantitative estimate of drug-likeness (QED) is 0.723. The Balaban J connectivity index is 2.03. The molecule has 0 bridgehead atoms. The standard InChI is InChI=1S/C20H23N3O3/c1-11-17(22-12(2)18(11)20(25)21-3)10-15-14-9-13(7-8-26-4)5-6-16(14)23-19(15)24/h5-6,9-10,22H,7-8H2,1-4H3,(H,21,25)(H,23,24)/b15-10-. The number of aromatic nitrogens is 1. The normalized spacial score (nSPS) is 14.5. The molecule has 0 saturated carbocycles. The van der Waals surface area contributed by atoms with Crippen LogP contribution in [0.25, 0.3) is 11.6 Å². The molecule has 6 nitrogen and oxygen atoms in total. The lowest BCUT2D eigenvalue weighted by molar-refractivity contribution is -0.110. The number of benzene rings is 1. The van der Waals surface area contributed by atoms with Gasteiger partial charge in [0.05, 0.1) is 17.7 Å². The van der Waals surface area contributed by atoms with Gasteiger partial charge in [-0.15, -0.1) is 0 Å². The van der Waals surface area contributed by atoms with Gasteiger partial charge in [-0.05, 0) is 49.6 Å². The molecular formula is C20H23N3O3. The lowest BCUT2D eigenvalue weighted by Gasteiger charge is -2.04. The Morgan fingerprint density at radius 1 is 1.31 bits per heavy atom. The van der Waals surface area contributed by atoms with Crippen LogP contribution in [0.4, 0.5) is 5.69 Å². The van der Waals surface area contributed by atoms with Gasteiger partial charge in [-0.25, -0.2) is 0 Å². The summed E-state index contributed by atoms with van der Waals surface area (Å²) in [5.74, 6) is -0.281. The number of amides is 2. The monoisotopic (exact) mass is 353 g/mol.